The molecule has 0 atom stereocenters. The van der Waals surface area contributed by atoms with Crippen LogP contribution in [0.3, 0.4) is 0 Å². The highest BCUT2D eigenvalue weighted by atomic mass is 79.9. The lowest BCUT2D eigenvalue weighted by atomic mass is 10.1. The summed E-state index contributed by atoms with van der Waals surface area (Å²) < 4.78 is 128. The second-order valence-electron chi connectivity index (χ2n) is 5.67. The van der Waals surface area contributed by atoms with Crippen molar-refractivity contribution in [2.24, 2.45) is 0 Å². The van der Waals surface area contributed by atoms with Crippen LogP contribution in [0.25, 0.3) is 11.1 Å². The van der Waals surface area contributed by atoms with Crippen LogP contribution >= 0.6 is 15.9 Å². The van der Waals surface area contributed by atoms with Gasteiger partial charge in [-0.3, -0.25) is 4.72 Å². The Morgan fingerprint density at radius 2 is 1.84 bits per heavy atom. The van der Waals surface area contributed by atoms with Gasteiger partial charge in [0.2, 0.25) is 5.88 Å². The van der Waals surface area contributed by atoms with E-state index in [1.807, 2.05) is 4.72 Å². The molecule has 32 heavy (non-hydrogen) atoms. The van der Waals surface area contributed by atoms with E-state index in [0.29, 0.717) is 0 Å². The molecular formula is C20H23BrN6O4S. The van der Waals surface area contributed by atoms with Crippen LogP contribution in [0.15, 0.2) is 47.3 Å². The quantitative estimate of drug-likeness (QED) is 0.384. The minimum Gasteiger partial charge on any atom is -0.473 e. The number of nitrogens with one attached hydrogen (secondary N) is 2. The summed E-state index contributed by atoms with van der Waals surface area (Å²) in [5.74, 6) is -1.57. The Hall–Kier alpha value is -2.83. The first-order valence-corrected chi connectivity index (χ1v) is 11.1. The molecule has 1 aromatic carbocycles. The summed E-state index contributed by atoms with van der Waals surface area (Å²) in [4.78, 5) is 14.7. The van der Waals surface area contributed by atoms with Crippen LogP contribution in [0.2, 0.25) is 0 Å². The topological polar surface area (TPSA) is 128 Å². The van der Waals surface area contributed by atoms with Crippen LogP contribution in [0.4, 0.5) is 5.82 Å². The zero-order valence-electron chi connectivity index (χ0n) is 27.6. The summed E-state index contributed by atoms with van der Waals surface area (Å²) in [6.07, 6.45) is -1.94. The Morgan fingerprint density at radius 3 is 2.53 bits per heavy atom. The molecule has 0 spiro atoms. The lowest BCUT2D eigenvalue weighted by Crippen LogP contribution is -2.31. The van der Waals surface area contributed by atoms with E-state index < -0.39 is 89.2 Å². The van der Waals surface area contributed by atoms with Crippen LogP contribution in [-0.4, -0.2) is 48.0 Å². The van der Waals surface area contributed by atoms with E-state index in [-0.39, 0.29) is 28.8 Å². The van der Waals surface area contributed by atoms with Crippen LogP contribution in [-0.2, 0) is 10.2 Å². The van der Waals surface area contributed by atoms with Gasteiger partial charge < -0.3 is 9.47 Å². The molecule has 2 aromatic heterocycles. The number of hydrogen-bond acceptors (Lipinski definition) is 8. The molecule has 0 saturated carbocycles. The van der Waals surface area contributed by atoms with E-state index >= 15 is 0 Å². The average molecular weight is 534 g/mol. The Kier molecular flexibility index (Phi) is 4.54. The molecule has 2 heterocycles. The van der Waals surface area contributed by atoms with Crippen molar-refractivity contribution in [3.8, 4) is 23.0 Å². The maximum atomic E-state index is 12.8. The summed E-state index contributed by atoms with van der Waals surface area (Å²) in [7, 11) is -4.80. The molecule has 12 heteroatoms. The number of benzene rings is 1. The van der Waals surface area contributed by atoms with Gasteiger partial charge in [0.1, 0.15) is 20.8 Å². The zero-order chi connectivity index (χ0) is 32.7. The SMILES string of the molecule is [2H]c1nc(NS(=O)(=O)NC([2H])([2H])CC)c(-c2c([2H])c([2H])c(Br)c([2H])c2[2H])c(OCC([2H])([2H])Oc2nc([2H])c(C)c([2H])n2)n1. The molecule has 0 aliphatic rings. The number of nitrogens with zero attached hydrogens (tertiary/aromatic N) is 4. The fourth-order valence-electron chi connectivity index (χ4n) is 2.03. The molecule has 170 valence electrons. The van der Waals surface area contributed by atoms with E-state index in [0.717, 1.165) is 0 Å². The number of aromatic nitrogens is 4. The highest BCUT2D eigenvalue weighted by Gasteiger charge is 2.19. The predicted octanol–water partition coefficient (Wildman–Crippen LogP) is 3.12. The van der Waals surface area contributed by atoms with Crippen LogP contribution < -0.4 is 18.9 Å². The fraction of sp³-hybridized carbons (Fsp3) is 0.300. The summed E-state index contributed by atoms with van der Waals surface area (Å²) in [5.41, 5.74) is -1.11. The van der Waals surface area contributed by atoms with E-state index in [4.69, 9.17) is 24.6 Å². The molecule has 0 radical (unpaired) electrons. The Labute approximate surface area is 210 Å². The van der Waals surface area contributed by atoms with Gasteiger partial charge in [0.15, 0.2) is 5.82 Å². The monoisotopic (exact) mass is 533 g/mol. The Bertz CT molecular complexity index is 1630. The third kappa shape index (κ3) is 6.84. The maximum absolute atomic E-state index is 12.8. The van der Waals surface area contributed by atoms with Crippen LogP contribution in [0.1, 0.15) is 34.0 Å². The molecule has 3 aromatic rings. The normalized spacial score (nSPS) is 17.0. The molecule has 0 saturated heterocycles. The van der Waals surface area contributed by atoms with Crippen molar-refractivity contribution in [3.05, 3.63) is 52.9 Å². The van der Waals surface area contributed by atoms with Crippen molar-refractivity contribution in [1.82, 2.24) is 24.7 Å². The number of anilines is 1. The van der Waals surface area contributed by atoms with Gasteiger partial charge in [-0.1, -0.05) is 34.9 Å². The molecular weight excluding hydrogens is 500 g/mol. The number of halogens is 1. The summed E-state index contributed by atoms with van der Waals surface area (Å²) >= 11 is 2.95. The molecule has 0 unspecified atom stereocenters. The Morgan fingerprint density at radius 1 is 1.12 bits per heavy atom. The van der Waals surface area contributed by atoms with Crippen molar-refractivity contribution < 1.29 is 33.0 Å². The van der Waals surface area contributed by atoms with Crippen LogP contribution in [0, 0.1) is 6.92 Å². The molecule has 0 aliphatic heterocycles. The van der Waals surface area contributed by atoms with Gasteiger partial charge in [-0.15, -0.1) is 0 Å². The molecule has 2 N–H and O–H groups in total. The van der Waals surface area contributed by atoms with Crippen molar-refractivity contribution in [1.29, 1.82) is 0 Å². The maximum Gasteiger partial charge on any atom is 0.316 e. The smallest absolute Gasteiger partial charge is 0.316 e. The summed E-state index contributed by atoms with van der Waals surface area (Å²) in [6.45, 7) is -3.52. The molecule has 0 bridgehead atoms. The van der Waals surface area contributed by atoms with Gasteiger partial charge in [0.25, 0.3) is 10.2 Å². The third-order valence-corrected chi connectivity index (χ3v) is 4.56. The number of ether oxygens (including phenoxy) is 2. The number of hydrogen-bond donors (Lipinski definition) is 2. The first-order valence-electron chi connectivity index (χ1n) is 14.3. The largest absolute Gasteiger partial charge is 0.473 e. The summed E-state index contributed by atoms with van der Waals surface area (Å²) in [6, 6.07) is -3.27. The molecule has 10 nitrogen and oxygen atoms in total. The second-order valence-corrected chi connectivity index (χ2v) is 7.88. The first-order chi connectivity index (χ1) is 19.7. The lowest BCUT2D eigenvalue weighted by Gasteiger charge is -2.15. The highest BCUT2D eigenvalue weighted by molar-refractivity contribution is 9.10. The van der Waals surface area contributed by atoms with Gasteiger partial charge in [0.05, 0.1) is 16.5 Å². The highest BCUT2D eigenvalue weighted by Crippen LogP contribution is 2.34. The average Bonchev–Trinajstić information content (AvgIpc) is 2.88. The van der Waals surface area contributed by atoms with Gasteiger partial charge >= 0.3 is 6.01 Å². The van der Waals surface area contributed by atoms with E-state index in [1.165, 1.54) is 13.8 Å². The second kappa shape index (κ2) is 11.2. The van der Waals surface area contributed by atoms with Gasteiger partial charge in [-0.05, 0) is 36.6 Å². The summed E-state index contributed by atoms with van der Waals surface area (Å²) in [5, 5.41) is 0. The fourth-order valence-corrected chi connectivity index (χ4v) is 3.02. The molecule has 0 fully saturated rings. The molecule has 0 aliphatic carbocycles. The molecule has 0 amide bonds. The van der Waals surface area contributed by atoms with E-state index in [2.05, 4.69) is 35.9 Å². The van der Waals surface area contributed by atoms with Gasteiger partial charge in [-0.25, -0.2) is 19.9 Å². The first kappa shape index (κ1) is 13.0. The zero-order valence-corrected chi connectivity index (χ0v) is 19.0. The van der Waals surface area contributed by atoms with Gasteiger partial charge in [-0.2, -0.15) is 13.1 Å². The standard InChI is InChI=1S/C20H23BrN6O4S/c1-3-8-26-32(28,29)27-18-17(15-4-6-16(21)7-5-15)19(25-13-24-18)30-9-10-31-20-22-11-14(2)12-23-20/h4-7,11-13,26H,3,8-10H2,1-2H3,(H,24,25,27)/i4D,5D,6D,7D,8D2,10D2,11D,12D,13D. The van der Waals surface area contributed by atoms with Crippen molar-refractivity contribution in [2.75, 3.05) is 24.4 Å². The minimum atomic E-state index is -4.80. The lowest BCUT2D eigenvalue weighted by molar-refractivity contribution is 0.202. The van der Waals surface area contributed by atoms with E-state index in [1.54, 1.807) is 4.72 Å². The van der Waals surface area contributed by atoms with Crippen molar-refractivity contribution in [3.63, 3.8) is 0 Å². The predicted molar refractivity (Wildman–Crippen MR) is 124 cm³/mol. The minimum absolute atomic E-state index is 0.115. The van der Waals surface area contributed by atoms with Crippen molar-refractivity contribution >= 4 is 32.0 Å². The Balaban J connectivity index is 2.16. The van der Waals surface area contributed by atoms with Crippen LogP contribution in [0.5, 0.6) is 11.9 Å². The van der Waals surface area contributed by atoms with E-state index in [9.17, 15) is 8.42 Å². The van der Waals surface area contributed by atoms with Crippen molar-refractivity contribution in [2.45, 2.75) is 20.3 Å². The number of rotatable bonds is 11. The third-order valence-electron chi connectivity index (χ3n) is 3.29. The molecule has 3 rings (SSSR count). The van der Waals surface area contributed by atoms with Gasteiger partial charge in [0, 0.05) is 26.1 Å².